The molecule has 2 aliphatic heterocycles. The zero-order valence-corrected chi connectivity index (χ0v) is 11.0. The number of nitrogens with zero attached hydrogens (tertiary/aromatic N) is 2. The van der Waals surface area contributed by atoms with Crippen molar-refractivity contribution >= 4 is 5.91 Å². The van der Waals surface area contributed by atoms with Gasteiger partial charge in [-0.1, -0.05) is 6.42 Å². The van der Waals surface area contributed by atoms with Crippen molar-refractivity contribution in [2.24, 2.45) is 0 Å². The minimum absolute atomic E-state index is 0.221. The Morgan fingerprint density at radius 2 is 2.00 bits per heavy atom. The van der Waals surface area contributed by atoms with Crippen LogP contribution >= 0.6 is 0 Å². The Bertz CT molecular complexity index is 243. The highest BCUT2D eigenvalue weighted by Crippen LogP contribution is 2.11. The number of carbonyl (C=O) groups excluding carboxylic acids is 1. The average Bonchev–Trinajstić information content (AvgIpc) is 2.38. The molecule has 4 nitrogen and oxygen atoms in total. The summed E-state index contributed by atoms with van der Waals surface area (Å²) in [7, 11) is 0. The van der Waals surface area contributed by atoms with E-state index in [1.54, 1.807) is 6.92 Å². The van der Waals surface area contributed by atoms with Gasteiger partial charge in [0.2, 0.25) is 5.91 Å². The van der Waals surface area contributed by atoms with Gasteiger partial charge in [0.1, 0.15) is 0 Å². The molecular formula is C13H25N3O. The zero-order chi connectivity index (χ0) is 12.1. The van der Waals surface area contributed by atoms with Crippen LogP contribution in [0.2, 0.25) is 0 Å². The molecule has 0 saturated carbocycles. The van der Waals surface area contributed by atoms with Crippen LogP contribution < -0.4 is 5.32 Å². The maximum atomic E-state index is 11.2. The predicted molar refractivity (Wildman–Crippen MR) is 69.0 cm³/mol. The van der Waals surface area contributed by atoms with E-state index in [1.807, 2.05) is 4.90 Å². The van der Waals surface area contributed by atoms with Crippen molar-refractivity contribution in [1.82, 2.24) is 15.1 Å². The van der Waals surface area contributed by atoms with E-state index >= 15 is 0 Å². The van der Waals surface area contributed by atoms with Crippen LogP contribution in [0.5, 0.6) is 0 Å². The molecule has 0 spiro atoms. The smallest absolute Gasteiger partial charge is 0.219 e. The molecule has 2 rings (SSSR count). The SMILES string of the molecule is CC(=O)N1CCN(CCC2CCCCN2)CC1. The molecule has 2 heterocycles. The fourth-order valence-electron chi connectivity index (χ4n) is 2.80. The van der Waals surface area contributed by atoms with Crippen LogP contribution in [-0.2, 0) is 4.79 Å². The molecule has 1 N–H and O–H groups in total. The second-order valence-electron chi connectivity index (χ2n) is 5.28. The molecule has 0 aromatic rings. The first-order valence-electron chi connectivity index (χ1n) is 6.97. The fourth-order valence-corrected chi connectivity index (χ4v) is 2.80. The first-order valence-corrected chi connectivity index (χ1v) is 6.97. The zero-order valence-electron chi connectivity index (χ0n) is 11.0. The van der Waals surface area contributed by atoms with Gasteiger partial charge in [-0.15, -0.1) is 0 Å². The summed E-state index contributed by atoms with van der Waals surface area (Å²) in [6.45, 7) is 7.97. The summed E-state index contributed by atoms with van der Waals surface area (Å²) in [6.07, 6.45) is 5.33. The van der Waals surface area contributed by atoms with Gasteiger partial charge in [-0.25, -0.2) is 0 Å². The van der Waals surface area contributed by atoms with Crippen molar-refractivity contribution in [1.29, 1.82) is 0 Å². The van der Waals surface area contributed by atoms with Crippen LogP contribution in [0.25, 0.3) is 0 Å². The molecule has 0 aromatic carbocycles. The molecule has 2 fully saturated rings. The molecule has 1 unspecified atom stereocenters. The van der Waals surface area contributed by atoms with Crippen LogP contribution in [0.1, 0.15) is 32.6 Å². The molecular weight excluding hydrogens is 214 g/mol. The Balaban J connectivity index is 1.62. The van der Waals surface area contributed by atoms with Crippen molar-refractivity contribution < 1.29 is 4.79 Å². The van der Waals surface area contributed by atoms with E-state index in [4.69, 9.17) is 0 Å². The van der Waals surface area contributed by atoms with Crippen LogP contribution in [0.15, 0.2) is 0 Å². The van der Waals surface area contributed by atoms with Gasteiger partial charge in [0.05, 0.1) is 0 Å². The number of amides is 1. The summed E-state index contributed by atoms with van der Waals surface area (Å²) >= 11 is 0. The van der Waals surface area contributed by atoms with E-state index in [0.717, 1.165) is 32.2 Å². The molecule has 0 radical (unpaired) electrons. The third-order valence-corrected chi connectivity index (χ3v) is 4.02. The number of piperidine rings is 1. The van der Waals surface area contributed by atoms with Crippen LogP contribution in [0.3, 0.4) is 0 Å². The average molecular weight is 239 g/mol. The van der Waals surface area contributed by atoms with E-state index in [0.29, 0.717) is 0 Å². The Morgan fingerprint density at radius 3 is 2.59 bits per heavy atom. The van der Waals surface area contributed by atoms with Gasteiger partial charge in [-0.3, -0.25) is 9.69 Å². The Labute approximate surface area is 104 Å². The second-order valence-corrected chi connectivity index (χ2v) is 5.28. The highest BCUT2D eigenvalue weighted by Gasteiger charge is 2.19. The van der Waals surface area contributed by atoms with Gasteiger partial charge in [0.25, 0.3) is 0 Å². The molecule has 17 heavy (non-hydrogen) atoms. The van der Waals surface area contributed by atoms with Gasteiger partial charge in [0, 0.05) is 39.1 Å². The number of hydrogen-bond donors (Lipinski definition) is 1. The van der Waals surface area contributed by atoms with E-state index in [9.17, 15) is 4.79 Å². The van der Waals surface area contributed by atoms with Crippen LogP contribution in [-0.4, -0.2) is 61.0 Å². The van der Waals surface area contributed by atoms with Crippen LogP contribution in [0, 0.1) is 0 Å². The van der Waals surface area contributed by atoms with Crippen molar-refractivity contribution in [3.05, 3.63) is 0 Å². The normalized spacial score (nSPS) is 27.1. The van der Waals surface area contributed by atoms with Crippen molar-refractivity contribution in [2.75, 3.05) is 39.3 Å². The molecule has 4 heteroatoms. The van der Waals surface area contributed by atoms with Gasteiger partial charge < -0.3 is 10.2 Å². The number of carbonyl (C=O) groups is 1. The summed E-state index contributed by atoms with van der Waals surface area (Å²) in [5.74, 6) is 0.221. The lowest BCUT2D eigenvalue weighted by atomic mass is 10.0. The third-order valence-electron chi connectivity index (χ3n) is 4.02. The second kappa shape index (κ2) is 6.36. The number of nitrogens with one attached hydrogen (secondary N) is 1. The summed E-state index contributed by atoms with van der Waals surface area (Å²) < 4.78 is 0. The molecule has 0 aliphatic carbocycles. The first-order chi connectivity index (χ1) is 8.25. The topological polar surface area (TPSA) is 35.6 Å². The third kappa shape index (κ3) is 3.96. The van der Waals surface area contributed by atoms with Crippen LogP contribution in [0.4, 0.5) is 0 Å². The highest BCUT2D eigenvalue weighted by atomic mass is 16.2. The lowest BCUT2D eigenvalue weighted by Crippen LogP contribution is -2.49. The minimum Gasteiger partial charge on any atom is -0.340 e. The monoisotopic (exact) mass is 239 g/mol. The van der Waals surface area contributed by atoms with Gasteiger partial charge in [-0.05, 0) is 32.4 Å². The molecule has 1 amide bonds. The van der Waals surface area contributed by atoms with Gasteiger partial charge in [0.15, 0.2) is 0 Å². The maximum Gasteiger partial charge on any atom is 0.219 e. The largest absolute Gasteiger partial charge is 0.340 e. The van der Waals surface area contributed by atoms with Crippen molar-refractivity contribution in [3.8, 4) is 0 Å². The maximum absolute atomic E-state index is 11.2. The van der Waals surface area contributed by atoms with E-state index in [2.05, 4.69) is 10.2 Å². The first kappa shape index (κ1) is 12.8. The highest BCUT2D eigenvalue weighted by molar-refractivity contribution is 5.73. The fraction of sp³-hybridized carbons (Fsp3) is 0.923. The Morgan fingerprint density at radius 1 is 1.24 bits per heavy atom. The Kier molecular flexibility index (Phi) is 4.80. The Hall–Kier alpha value is -0.610. The molecule has 2 saturated heterocycles. The van der Waals surface area contributed by atoms with Gasteiger partial charge >= 0.3 is 0 Å². The number of piperazine rings is 1. The summed E-state index contributed by atoms with van der Waals surface area (Å²) in [5, 5.41) is 3.59. The van der Waals surface area contributed by atoms with Crippen molar-refractivity contribution in [3.63, 3.8) is 0 Å². The summed E-state index contributed by atoms with van der Waals surface area (Å²) in [4.78, 5) is 15.7. The number of hydrogen-bond acceptors (Lipinski definition) is 3. The predicted octanol–water partition coefficient (Wildman–Crippen LogP) is 0.683. The number of rotatable bonds is 3. The van der Waals surface area contributed by atoms with E-state index in [1.165, 1.54) is 38.8 Å². The summed E-state index contributed by atoms with van der Waals surface area (Å²) in [5.41, 5.74) is 0. The molecule has 98 valence electrons. The lowest BCUT2D eigenvalue weighted by molar-refractivity contribution is -0.130. The van der Waals surface area contributed by atoms with E-state index < -0.39 is 0 Å². The lowest BCUT2D eigenvalue weighted by Gasteiger charge is -2.35. The quantitative estimate of drug-likeness (QED) is 0.787. The van der Waals surface area contributed by atoms with Crippen molar-refractivity contribution in [2.45, 2.75) is 38.6 Å². The molecule has 0 bridgehead atoms. The minimum atomic E-state index is 0.221. The molecule has 0 aromatic heterocycles. The summed E-state index contributed by atoms with van der Waals surface area (Å²) in [6, 6.07) is 0.731. The van der Waals surface area contributed by atoms with Gasteiger partial charge in [-0.2, -0.15) is 0 Å². The van der Waals surface area contributed by atoms with E-state index in [-0.39, 0.29) is 5.91 Å². The standard InChI is InChI=1S/C13H25N3O/c1-12(17)16-10-8-15(9-11-16)7-5-13-4-2-3-6-14-13/h13-14H,2-11H2,1H3. The molecule has 2 aliphatic rings. The molecule has 1 atom stereocenters.